The molecule has 1 aromatic heterocycles. The lowest BCUT2D eigenvalue weighted by Crippen LogP contribution is -2.19. The van der Waals surface area contributed by atoms with Gasteiger partial charge in [0, 0.05) is 19.0 Å². The number of aromatic nitrogens is 1. The standard InChI is InChI=1S/C10H15NO/c1-8-7-9(5-6-11-8)10(2,3)12-4/h5-7H,1-4H3. The molecule has 0 amide bonds. The molecule has 0 aromatic carbocycles. The first-order valence-corrected chi connectivity index (χ1v) is 4.04. The molecular formula is C10H15NO. The minimum atomic E-state index is -0.215. The molecule has 0 atom stereocenters. The molecule has 0 aliphatic heterocycles. The van der Waals surface area contributed by atoms with Gasteiger partial charge in [0.05, 0.1) is 5.60 Å². The summed E-state index contributed by atoms with van der Waals surface area (Å²) in [6.45, 7) is 6.07. The van der Waals surface area contributed by atoms with E-state index in [4.69, 9.17) is 4.74 Å². The Hall–Kier alpha value is -0.890. The van der Waals surface area contributed by atoms with Crippen molar-refractivity contribution in [1.29, 1.82) is 0 Å². The van der Waals surface area contributed by atoms with E-state index in [0.29, 0.717) is 0 Å². The first-order chi connectivity index (χ1) is 5.56. The van der Waals surface area contributed by atoms with Gasteiger partial charge in [0.15, 0.2) is 0 Å². The van der Waals surface area contributed by atoms with Gasteiger partial charge in [-0.3, -0.25) is 4.98 Å². The van der Waals surface area contributed by atoms with E-state index in [1.54, 1.807) is 7.11 Å². The maximum absolute atomic E-state index is 5.35. The van der Waals surface area contributed by atoms with E-state index in [1.165, 1.54) is 0 Å². The zero-order valence-electron chi connectivity index (χ0n) is 8.09. The molecule has 0 bridgehead atoms. The number of methoxy groups -OCH3 is 1. The van der Waals surface area contributed by atoms with Crippen molar-refractivity contribution in [2.45, 2.75) is 26.4 Å². The first-order valence-electron chi connectivity index (χ1n) is 4.04. The van der Waals surface area contributed by atoms with Crippen molar-refractivity contribution < 1.29 is 4.74 Å². The molecule has 0 unspecified atom stereocenters. The zero-order valence-corrected chi connectivity index (χ0v) is 8.09. The smallest absolute Gasteiger partial charge is 0.0872 e. The Balaban J connectivity index is 3.03. The van der Waals surface area contributed by atoms with Gasteiger partial charge in [-0.2, -0.15) is 0 Å². The Labute approximate surface area is 73.6 Å². The van der Waals surface area contributed by atoms with Crippen LogP contribution in [0.25, 0.3) is 0 Å². The molecule has 0 saturated heterocycles. The summed E-state index contributed by atoms with van der Waals surface area (Å²) in [6, 6.07) is 4.03. The Kier molecular flexibility index (Phi) is 2.48. The van der Waals surface area contributed by atoms with Crippen molar-refractivity contribution in [3.8, 4) is 0 Å². The van der Waals surface area contributed by atoms with Gasteiger partial charge in [-0.1, -0.05) is 0 Å². The minimum Gasteiger partial charge on any atom is -0.374 e. The van der Waals surface area contributed by atoms with Crippen molar-refractivity contribution in [1.82, 2.24) is 4.98 Å². The molecule has 0 fully saturated rings. The number of hydrogen-bond donors (Lipinski definition) is 0. The Morgan fingerprint density at radius 3 is 2.58 bits per heavy atom. The fourth-order valence-electron chi connectivity index (χ4n) is 1.04. The number of aryl methyl sites for hydroxylation is 1. The maximum atomic E-state index is 5.35. The second-order valence-corrected chi connectivity index (χ2v) is 3.40. The van der Waals surface area contributed by atoms with Crippen LogP contribution in [0.2, 0.25) is 0 Å². The van der Waals surface area contributed by atoms with Gasteiger partial charge in [0.1, 0.15) is 0 Å². The van der Waals surface area contributed by atoms with E-state index < -0.39 is 0 Å². The monoisotopic (exact) mass is 165 g/mol. The summed E-state index contributed by atoms with van der Waals surface area (Å²) >= 11 is 0. The number of rotatable bonds is 2. The molecule has 1 aromatic rings. The van der Waals surface area contributed by atoms with Crippen LogP contribution in [0, 0.1) is 6.92 Å². The van der Waals surface area contributed by atoms with E-state index >= 15 is 0 Å². The second kappa shape index (κ2) is 3.23. The second-order valence-electron chi connectivity index (χ2n) is 3.40. The van der Waals surface area contributed by atoms with E-state index in [2.05, 4.69) is 4.98 Å². The number of nitrogens with zero attached hydrogens (tertiary/aromatic N) is 1. The third-order valence-corrected chi connectivity index (χ3v) is 2.10. The highest BCUT2D eigenvalue weighted by Crippen LogP contribution is 2.23. The van der Waals surface area contributed by atoms with Crippen molar-refractivity contribution in [2.24, 2.45) is 0 Å². The third-order valence-electron chi connectivity index (χ3n) is 2.10. The van der Waals surface area contributed by atoms with Gasteiger partial charge >= 0.3 is 0 Å². The van der Waals surface area contributed by atoms with Crippen LogP contribution in [-0.4, -0.2) is 12.1 Å². The quantitative estimate of drug-likeness (QED) is 0.670. The summed E-state index contributed by atoms with van der Waals surface area (Å²) in [5.41, 5.74) is 1.98. The fraction of sp³-hybridized carbons (Fsp3) is 0.500. The van der Waals surface area contributed by atoms with Gasteiger partial charge in [-0.05, 0) is 38.5 Å². The van der Waals surface area contributed by atoms with Gasteiger partial charge < -0.3 is 4.74 Å². The lowest BCUT2D eigenvalue weighted by atomic mass is 9.99. The van der Waals surface area contributed by atoms with E-state index in [0.717, 1.165) is 11.3 Å². The SMILES string of the molecule is COC(C)(C)c1ccnc(C)c1. The van der Waals surface area contributed by atoms with Crippen LogP contribution in [0.3, 0.4) is 0 Å². The minimum absolute atomic E-state index is 0.215. The lowest BCUT2D eigenvalue weighted by molar-refractivity contribution is 0.0191. The number of pyridine rings is 1. The predicted octanol–water partition coefficient (Wildman–Crippen LogP) is 2.27. The zero-order chi connectivity index (χ0) is 9.19. The highest BCUT2D eigenvalue weighted by Gasteiger charge is 2.18. The summed E-state index contributed by atoms with van der Waals surface area (Å²) in [5.74, 6) is 0. The van der Waals surface area contributed by atoms with Gasteiger partial charge in [-0.15, -0.1) is 0 Å². The average Bonchev–Trinajstić information content (AvgIpc) is 2.05. The average molecular weight is 165 g/mol. The number of ether oxygens (including phenoxy) is 1. The summed E-state index contributed by atoms with van der Waals surface area (Å²) in [6.07, 6.45) is 1.81. The third kappa shape index (κ3) is 1.83. The largest absolute Gasteiger partial charge is 0.374 e. The van der Waals surface area contributed by atoms with Gasteiger partial charge in [0.25, 0.3) is 0 Å². The highest BCUT2D eigenvalue weighted by molar-refractivity contribution is 5.21. The van der Waals surface area contributed by atoms with Crippen LogP contribution in [0.1, 0.15) is 25.1 Å². The summed E-state index contributed by atoms with van der Waals surface area (Å²) in [5, 5.41) is 0. The van der Waals surface area contributed by atoms with Gasteiger partial charge in [0.2, 0.25) is 0 Å². The summed E-state index contributed by atoms with van der Waals surface area (Å²) in [4.78, 5) is 4.13. The molecule has 12 heavy (non-hydrogen) atoms. The molecular weight excluding hydrogens is 150 g/mol. The van der Waals surface area contributed by atoms with Crippen LogP contribution in [0.5, 0.6) is 0 Å². The molecule has 0 spiro atoms. The number of hydrogen-bond acceptors (Lipinski definition) is 2. The van der Waals surface area contributed by atoms with Crippen LogP contribution in [0.4, 0.5) is 0 Å². The predicted molar refractivity (Wildman–Crippen MR) is 49.0 cm³/mol. The van der Waals surface area contributed by atoms with Crippen LogP contribution < -0.4 is 0 Å². The molecule has 2 heteroatoms. The van der Waals surface area contributed by atoms with Crippen LogP contribution >= 0.6 is 0 Å². The van der Waals surface area contributed by atoms with Crippen molar-refractivity contribution in [3.63, 3.8) is 0 Å². The molecule has 1 heterocycles. The van der Waals surface area contributed by atoms with E-state index in [-0.39, 0.29) is 5.60 Å². The lowest BCUT2D eigenvalue weighted by Gasteiger charge is -2.23. The molecule has 0 aliphatic rings. The van der Waals surface area contributed by atoms with E-state index in [9.17, 15) is 0 Å². The molecule has 0 N–H and O–H groups in total. The highest BCUT2D eigenvalue weighted by atomic mass is 16.5. The summed E-state index contributed by atoms with van der Waals surface area (Å²) < 4.78 is 5.35. The first kappa shape index (κ1) is 9.20. The molecule has 0 aliphatic carbocycles. The van der Waals surface area contributed by atoms with E-state index in [1.807, 2.05) is 39.1 Å². The molecule has 66 valence electrons. The molecule has 1 rings (SSSR count). The van der Waals surface area contributed by atoms with Crippen molar-refractivity contribution in [2.75, 3.05) is 7.11 Å². The van der Waals surface area contributed by atoms with Crippen molar-refractivity contribution in [3.05, 3.63) is 29.6 Å². The molecule has 2 nitrogen and oxygen atoms in total. The van der Waals surface area contributed by atoms with Crippen LogP contribution in [-0.2, 0) is 10.3 Å². The van der Waals surface area contributed by atoms with Crippen LogP contribution in [0.15, 0.2) is 18.3 Å². The topological polar surface area (TPSA) is 22.1 Å². The van der Waals surface area contributed by atoms with Gasteiger partial charge in [-0.25, -0.2) is 0 Å². The fourth-order valence-corrected chi connectivity index (χ4v) is 1.04. The Morgan fingerprint density at radius 1 is 1.42 bits per heavy atom. The molecule has 0 radical (unpaired) electrons. The summed E-state index contributed by atoms with van der Waals surface area (Å²) in [7, 11) is 1.72. The Bertz CT molecular complexity index is 268. The Morgan fingerprint density at radius 2 is 2.08 bits per heavy atom. The molecule has 0 saturated carbocycles. The maximum Gasteiger partial charge on any atom is 0.0872 e. The normalized spacial score (nSPS) is 11.7. The van der Waals surface area contributed by atoms with Crippen molar-refractivity contribution >= 4 is 0 Å².